The Hall–Kier alpha value is -3.87. The fourth-order valence-electron chi connectivity index (χ4n) is 5.01. The van der Waals surface area contributed by atoms with E-state index in [-0.39, 0.29) is 42.6 Å². The third-order valence-corrected chi connectivity index (χ3v) is 7.24. The third-order valence-electron chi connectivity index (χ3n) is 7.24. The molecule has 6 nitrogen and oxygen atoms in total. The lowest BCUT2D eigenvalue weighted by Gasteiger charge is -2.56. The van der Waals surface area contributed by atoms with E-state index in [1.165, 1.54) is 29.2 Å². The van der Waals surface area contributed by atoms with Crippen LogP contribution < -0.4 is 10.2 Å². The molecule has 2 aromatic carbocycles. The maximum atomic E-state index is 14.9. The van der Waals surface area contributed by atoms with Crippen LogP contribution in [0.15, 0.2) is 42.5 Å². The van der Waals surface area contributed by atoms with Gasteiger partial charge in [-0.25, -0.2) is 4.39 Å². The van der Waals surface area contributed by atoms with E-state index in [0.717, 1.165) is 35.9 Å². The largest absolute Gasteiger partial charge is 0.416 e. The molecule has 0 bridgehead atoms. The number of nitrogens with one attached hydrogen (secondary N) is 1. The molecule has 1 aliphatic heterocycles. The summed E-state index contributed by atoms with van der Waals surface area (Å²) in [5.41, 5.74) is -1.67. The third kappa shape index (κ3) is 4.54. The van der Waals surface area contributed by atoms with Crippen molar-refractivity contribution < 1.29 is 31.9 Å². The normalized spacial score (nSPS) is 23.6. The highest BCUT2D eigenvalue weighted by molar-refractivity contribution is 6.10. The summed E-state index contributed by atoms with van der Waals surface area (Å²) in [6, 6.07) is 8.37. The van der Waals surface area contributed by atoms with E-state index in [9.17, 15) is 31.9 Å². The van der Waals surface area contributed by atoms with E-state index >= 15 is 0 Å². The number of carbonyl (C=O) groups excluding carboxylic acids is 3. The number of carbonyl (C=O) groups is 3. The minimum absolute atomic E-state index is 0.0390. The highest BCUT2D eigenvalue weighted by Crippen LogP contribution is 2.48. The van der Waals surface area contributed by atoms with Crippen molar-refractivity contribution in [3.05, 3.63) is 65.0 Å². The van der Waals surface area contributed by atoms with Crippen molar-refractivity contribution in [2.75, 3.05) is 11.4 Å². The maximum Gasteiger partial charge on any atom is 0.416 e. The molecule has 0 aromatic heterocycles. The van der Waals surface area contributed by atoms with Crippen LogP contribution in [0.1, 0.15) is 42.4 Å². The van der Waals surface area contributed by atoms with Gasteiger partial charge in [0.05, 0.1) is 11.3 Å². The lowest BCUT2D eigenvalue weighted by molar-refractivity contribution is -0.165. The van der Waals surface area contributed by atoms with Crippen LogP contribution in [0.4, 0.5) is 23.2 Å². The summed E-state index contributed by atoms with van der Waals surface area (Å²) in [5.74, 6) is -0.206. The second-order valence-electron chi connectivity index (χ2n) is 9.80. The predicted molar refractivity (Wildman–Crippen MR) is 125 cm³/mol. The van der Waals surface area contributed by atoms with Crippen molar-refractivity contribution >= 4 is 23.4 Å². The highest BCUT2D eigenvalue weighted by Gasteiger charge is 2.61. The number of hydrogen-bond acceptors (Lipinski definition) is 3. The standard InChI is InChI=1S/C27H23F4N3O3/c1-2-16-5-10-22(21(28)11-16)33-15-23(35)34(14-17-3-6-19(7-4-17)27(29,30)31)26(25(33)37)12-18(13-26)24(36)32-20-8-9-20/h1,3-7,10-11,18,20H,8-9,12-15H2,(H,32,36). The Labute approximate surface area is 210 Å². The van der Waals surface area contributed by atoms with Crippen LogP contribution in [0.3, 0.4) is 0 Å². The quantitative estimate of drug-likeness (QED) is 0.491. The van der Waals surface area contributed by atoms with Crippen LogP contribution in [0.5, 0.6) is 0 Å². The molecule has 2 saturated carbocycles. The molecule has 0 radical (unpaired) electrons. The van der Waals surface area contributed by atoms with Gasteiger partial charge < -0.3 is 10.2 Å². The summed E-state index contributed by atoms with van der Waals surface area (Å²) in [6.45, 7) is -0.571. The molecule has 1 spiro atoms. The van der Waals surface area contributed by atoms with Crippen molar-refractivity contribution in [2.24, 2.45) is 5.92 Å². The van der Waals surface area contributed by atoms with E-state index in [2.05, 4.69) is 11.2 Å². The monoisotopic (exact) mass is 513 g/mol. The van der Waals surface area contributed by atoms with Gasteiger partial charge in [0.25, 0.3) is 5.91 Å². The summed E-state index contributed by atoms with van der Waals surface area (Å²) in [5, 5.41) is 2.90. The van der Waals surface area contributed by atoms with Gasteiger partial charge in [0.15, 0.2) is 0 Å². The predicted octanol–water partition coefficient (Wildman–Crippen LogP) is 3.63. The lowest BCUT2D eigenvalue weighted by Crippen LogP contribution is -2.73. The first-order valence-corrected chi connectivity index (χ1v) is 11.9. The van der Waals surface area contributed by atoms with Crippen LogP contribution in [0, 0.1) is 24.1 Å². The van der Waals surface area contributed by atoms with Gasteiger partial charge in [0.1, 0.15) is 17.9 Å². The molecule has 1 saturated heterocycles. The molecular weight excluding hydrogens is 490 g/mol. The molecule has 0 unspecified atom stereocenters. The van der Waals surface area contributed by atoms with Crippen molar-refractivity contribution in [2.45, 2.75) is 50.0 Å². The molecular formula is C27H23F4N3O3. The van der Waals surface area contributed by atoms with Gasteiger partial charge >= 0.3 is 6.18 Å². The number of rotatable bonds is 5. The smallest absolute Gasteiger partial charge is 0.353 e. The summed E-state index contributed by atoms with van der Waals surface area (Å²) >= 11 is 0. The number of benzene rings is 2. The number of halogens is 4. The first-order valence-electron chi connectivity index (χ1n) is 11.9. The van der Waals surface area contributed by atoms with E-state index in [1.807, 2.05) is 0 Å². The Balaban J connectivity index is 1.44. The topological polar surface area (TPSA) is 69.7 Å². The van der Waals surface area contributed by atoms with Gasteiger partial charge in [-0.05, 0) is 61.6 Å². The van der Waals surface area contributed by atoms with Crippen LogP contribution in [0.2, 0.25) is 0 Å². The SMILES string of the molecule is C#Cc1ccc(N2CC(=O)N(Cc3ccc(C(F)(F)F)cc3)C3(CC(C(=O)NC4CC4)C3)C2=O)c(F)c1. The zero-order chi connectivity index (χ0) is 26.5. The zero-order valence-electron chi connectivity index (χ0n) is 19.6. The molecule has 2 aliphatic carbocycles. The zero-order valence-corrected chi connectivity index (χ0v) is 19.6. The molecule has 1 N–H and O–H groups in total. The number of hydrogen-bond donors (Lipinski definition) is 1. The van der Waals surface area contributed by atoms with Gasteiger partial charge in [-0.15, -0.1) is 6.42 Å². The van der Waals surface area contributed by atoms with Crippen molar-refractivity contribution in [1.82, 2.24) is 10.2 Å². The first kappa shape index (κ1) is 24.8. The van der Waals surface area contributed by atoms with Crippen LogP contribution in [-0.4, -0.2) is 40.7 Å². The first-order chi connectivity index (χ1) is 17.5. The number of piperazine rings is 1. The minimum atomic E-state index is -4.51. The van der Waals surface area contributed by atoms with Gasteiger partial charge in [0.2, 0.25) is 11.8 Å². The van der Waals surface area contributed by atoms with Gasteiger partial charge in [-0.1, -0.05) is 18.1 Å². The van der Waals surface area contributed by atoms with Gasteiger partial charge in [-0.2, -0.15) is 13.2 Å². The van der Waals surface area contributed by atoms with Crippen molar-refractivity contribution in [1.29, 1.82) is 0 Å². The Bertz CT molecular complexity index is 1310. The molecule has 37 heavy (non-hydrogen) atoms. The molecule has 3 fully saturated rings. The molecule has 5 rings (SSSR count). The lowest BCUT2D eigenvalue weighted by atomic mass is 9.64. The van der Waals surface area contributed by atoms with Gasteiger partial charge in [-0.3, -0.25) is 19.3 Å². The number of anilines is 1. The second-order valence-corrected chi connectivity index (χ2v) is 9.80. The average Bonchev–Trinajstić information content (AvgIpc) is 3.64. The Morgan fingerprint density at radius 3 is 2.35 bits per heavy atom. The fourth-order valence-corrected chi connectivity index (χ4v) is 5.01. The minimum Gasteiger partial charge on any atom is -0.353 e. The van der Waals surface area contributed by atoms with Gasteiger partial charge in [0, 0.05) is 24.1 Å². The van der Waals surface area contributed by atoms with Crippen LogP contribution in [0.25, 0.3) is 0 Å². The van der Waals surface area contributed by atoms with Crippen LogP contribution in [-0.2, 0) is 27.1 Å². The number of terminal acetylenes is 1. The summed E-state index contributed by atoms with van der Waals surface area (Å²) in [7, 11) is 0. The fraction of sp³-hybridized carbons (Fsp3) is 0.370. The Morgan fingerprint density at radius 1 is 1.11 bits per heavy atom. The van der Waals surface area contributed by atoms with E-state index < -0.39 is 47.4 Å². The summed E-state index contributed by atoms with van der Waals surface area (Å²) in [6.07, 6.45) is 2.67. The van der Waals surface area contributed by atoms with Crippen LogP contribution >= 0.6 is 0 Å². The number of nitrogens with zero attached hydrogens (tertiary/aromatic N) is 2. The average molecular weight is 513 g/mol. The van der Waals surface area contributed by atoms with Crippen molar-refractivity contribution in [3.63, 3.8) is 0 Å². The molecule has 1 heterocycles. The summed E-state index contributed by atoms with van der Waals surface area (Å²) in [4.78, 5) is 42.2. The molecule has 0 atom stereocenters. The van der Waals surface area contributed by atoms with Crippen molar-refractivity contribution in [3.8, 4) is 12.3 Å². The number of amides is 3. The molecule has 192 valence electrons. The molecule has 10 heteroatoms. The maximum absolute atomic E-state index is 14.9. The van der Waals surface area contributed by atoms with E-state index in [4.69, 9.17) is 6.42 Å². The molecule has 3 aliphatic rings. The summed E-state index contributed by atoms with van der Waals surface area (Å²) < 4.78 is 53.8. The number of alkyl halides is 3. The van der Waals surface area contributed by atoms with E-state index in [1.54, 1.807) is 0 Å². The molecule has 3 amide bonds. The second kappa shape index (κ2) is 8.91. The Morgan fingerprint density at radius 2 is 1.78 bits per heavy atom. The van der Waals surface area contributed by atoms with E-state index in [0.29, 0.717) is 5.56 Å². The Kier molecular flexibility index (Phi) is 5.97. The highest BCUT2D eigenvalue weighted by atomic mass is 19.4. The molecule has 2 aromatic rings.